The summed E-state index contributed by atoms with van der Waals surface area (Å²) < 4.78 is 13.7. The van der Waals surface area contributed by atoms with Gasteiger partial charge in [0.25, 0.3) is 0 Å². The van der Waals surface area contributed by atoms with Gasteiger partial charge in [-0.3, -0.25) is 0 Å². The Hall–Kier alpha value is -1.63. The number of benzene rings is 2. The highest BCUT2D eigenvalue weighted by Crippen LogP contribution is 2.26. The van der Waals surface area contributed by atoms with Gasteiger partial charge in [-0.15, -0.1) is 0 Å². The minimum atomic E-state index is -0.160. The summed E-state index contributed by atoms with van der Waals surface area (Å²) >= 11 is 0. The van der Waals surface area contributed by atoms with Gasteiger partial charge in [0.05, 0.1) is 0 Å². The second-order valence-corrected chi connectivity index (χ2v) is 4.79. The summed E-state index contributed by atoms with van der Waals surface area (Å²) in [6.45, 7) is 4.44. The van der Waals surface area contributed by atoms with Crippen molar-refractivity contribution in [2.75, 3.05) is 0 Å². The highest BCUT2D eigenvalue weighted by molar-refractivity contribution is 5.64. The van der Waals surface area contributed by atoms with Crippen LogP contribution in [0.15, 0.2) is 48.5 Å². The van der Waals surface area contributed by atoms with E-state index in [9.17, 15) is 4.39 Å². The van der Waals surface area contributed by atoms with Crippen LogP contribution in [0.3, 0.4) is 0 Å². The van der Waals surface area contributed by atoms with Gasteiger partial charge < -0.3 is 0 Å². The first-order valence-electron chi connectivity index (χ1n) is 6.57. The Morgan fingerprint density at radius 1 is 1.00 bits per heavy atom. The third kappa shape index (κ3) is 2.79. The van der Waals surface area contributed by atoms with Gasteiger partial charge in [0.1, 0.15) is 5.82 Å². The monoisotopic (exact) mass is 242 g/mol. The molecule has 94 valence electrons. The van der Waals surface area contributed by atoms with E-state index in [1.54, 1.807) is 6.07 Å². The Morgan fingerprint density at radius 3 is 2.28 bits per heavy atom. The van der Waals surface area contributed by atoms with E-state index >= 15 is 0 Å². The minimum absolute atomic E-state index is 0.160. The summed E-state index contributed by atoms with van der Waals surface area (Å²) in [6.07, 6.45) is 2.38. The van der Waals surface area contributed by atoms with Crippen molar-refractivity contribution in [1.82, 2.24) is 0 Å². The molecule has 2 aromatic carbocycles. The van der Waals surface area contributed by atoms with Crippen LogP contribution < -0.4 is 0 Å². The van der Waals surface area contributed by atoms with Crippen LogP contribution in [0.4, 0.5) is 4.39 Å². The van der Waals surface area contributed by atoms with Crippen molar-refractivity contribution in [3.63, 3.8) is 0 Å². The fourth-order valence-corrected chi connectivity index (χ4v) is 2.29. The number of hydrogen-bond donors (Lipinski definition) is 0. The van der Waals surface area contributed by atoms with Gasteiger partial charge in [-0.2, -0.15) is 0 Å². The predicted octanol–water partition coefficient (Wildman–Crippen LogP) is 5.40. The quantitative estimate of drug-likeness (QED) is 0.673. The van der Waals surface area contributed by atoms with Crippen molar-refractivity contribution < 1.29 is 4.39 Å². The summed E-state index contributed by atoms with van der Waals surface area (Å²) in [5, 5.41) is 0. The van der Waals surface area contributed by atoms with Crippen molar-refractivity contribution in [1.29, 1.82) is 0 Å². The normalized spacial score (nSPS) is 12.4. The van der Waals surface area contributed by atoms with Gasteiger partial charge in [-0.05, 0) is 29.5 Å². The molecule has 0 aliphatic heterocycles. The first-order chi connectivity index (χ1) is 8.72. The molecule has 0 nitrogen and oxygen atoms in total. The van der Waals surface area contributed by atoms with Gasteiger partial charge in [0.2, 0.25) is 0 Å². The molecular formula is C17H19F. The third-order valence-corrected chi connectivity index (χ3v) is 3.39. The van der Waals surface area contributed by atoms with Gasteiger partial charge in [0.15, 0.2) is 0 Å². The second-order valence-electron chi connectivity index (χ2n) is 4.79. The molecule has 0 fully saturated rings. The average molecular weight is 242 g/mol. The van der Waals surface area contributed by atoms with E-state index in [1.807, 2.05) is 24.3 Å². The Balaban J connectivity index is 2.25. The smallest absolute Gasteiger partial charge is 0.131 e. The largest absolute Gasteiger partial charge is 0.206 e. The maximum Gasteiger partial charge on any atom is 0.131 e. The minimum Gasteiger partial charge on any atom is -0.206 e. The van der Waals surface area contributed by atoms with Gasteiger partial charge in [-0.25, -0.2) is 4.39 Å². The van der Waals surface area contributed by atoms with E-state index in [-0.39, 0.29) is 5.82 Å². The summed E-state index contributed by atoms with van der Waals surface area (Å²) in [4.78, 5) is 0. The van der Waals surface area contributed by atoms with Crippen LogP contribution in [0.25, 0.3) is 11.1 Å². The molecule has 0 amide bonds. The lowest BCUT2D eigenvalue weighted by Gasteiger charge is -2.11. The fraction of sp³-hybridized carbons (Fsp3) is 0.294. The standard InChI is InChI=1S/C17H19F/c1-3-6-13(2)14-9-11-15(12-10-14)16-7-4-5-8-17(16)18/h4-5,7-13H,3,6H2,1-2H3. The molecule has 0 heterocycles. The molecule has 0 saturated carbocycles. The molecule has 0 spiro atoms. The number of hydrogen-bond acceptors (Lipinski definition) is 0. The Morgan fingerprint density at radius 2 is 1.67 bits per heavy atom. The molecule has 2 aromatic rings. The zero-order chi connectivity index (χ0) is 13.0. The van der Waals surface area contributed by atoms with Crippen LogP contribution in [-0.4, -0.2) is 0 Å². The number of halogens is 1. The highest BCUT2D eigenvalue weighted by Gasteiger charge is 2.06. The van der Waals surface area contributed by atoms with Crippen molar-refractivity contribution in [2.24, 2.45) is 0 Å². The maximum atomic E-state index is 13.7. The molecule has 0 aliphatic carbocycles. The lowest BCUT2D eigenvalue weighted by Crippen LogP contribution is -1.92. The van der Waals surface area contributed by atoms with Gasteiger partial charge in [0, 0.05) is 5.56 Å². The SMILES string of the molecule is CCCC(C)c1ccc(-c2ccccc2F)cc1. The van der Waals surface area contributed by atoms with Crippen molar-refractivity contribution in [3.05, 3.63) is 59.9 Å². The molecule has 0 saturated heterocycles. The van der Waals surface area contributed by atoms with Crippen molar-refractivity contribution >= 4 is 0 Å². The fourth-order valence-electron chi connectivity index (χ4n) is 2.29. The molecule has 2 rings (SSSR count). The first kappa shape index (κ1) is 12.8. The molecule has 0 N–H and O–H groups in total. The van der Waals surface area contributed by atoms with Crippen molar-refractivity contribution in [2.45, 2.75) is 32.6 Å². The van der Waals surface area contributed by atoms with Crippen molar-refractivity contribution in [3.8, 4) is 11.1 Å². The molecule has 1 heteroatoms. The van der Waals surface area contributed by atoms with E-state index in [1.165, 1.54) is 24.5 Å². The molecule has 0 aliphatic rings. The van der Waals surface area contributed by atoms with Crippen LogP contribution >= 0.6 is 0 Å². The van der Waals surface area contributed by atoms with E-state index in [2.05, 4.69) is 26.0 Å². The molecule has 1 atom stereocenters. The highest BCUT2D eigenvalue weighted by atomic mass is 19.1. The van der Waals surface area contributed by atoms with E-state index in [0.717, 1.165) is 5.56 Å². The van der Waals surface area contributed by atoms with E-state index < -0.39 is 0 Å². The average Bonchev–Trinajstić information content (AvgIpc) is 2.40. The van der Waals surface area contributed by atoms with Gasteiger partial charge >= 0.3 is 0 Å². The first-order valence-corrected chi connectivity index (χ1v) is 6.57. The third-order valence-electron chi connectivity index (χ3n) is 3.39. The summed E-state index contributed by atoms with van der Waals surface area (Å²) in [7, 11) is 0. The molecule has 0 radical (unpaired) electrons. The summed E-state index contributed by atoms with van der Waals surface area (Å²) in [5.74, 6) is 0.413. The Kier molecular flexibility index (Phi) is 4.14. The van der Waals surface area contributed by atoms with Gasteiger partial charge in [-0.1, -0.05) is 62.7 Å². The molecular weight excluding hydrogens is 223 g/mol. The van der Waals surface area contributed by atoms with Crippen LogP contribution in [0.5, 0.6) is 0 Å². The van der Waals surface area contributed by atoms with E-state index in [4.69, 9.17) is 0 Å². The Labute approximate surface area is 108 Å². The molecule has 0 bridgehead atoms. The lowest BCUT2D eigenvalue weighted by atomic mass is 9.94. The zero-order valence-corrected chi connectivity index (χ0v) is 11.0. The summed E-state index contributed by atoms with van der Waals surface area (Å²) in [5.41, 5.74) is 2.95. The second kappa shape index (κ2) is 5.81. The van der Waals surface area contributed by atoms with E-state index in [0.29, 0.717) is 11.5 Å². The lowest BCUT2D eigenvalue weighted by molar-refractivity contribution is 0.631. The predicted molar refractivity (Wildman–Crippen MR) is 75.2 cm³/mol. The van der Waals surface area contributed by atoms with Crippen LogP contribution in [0.1, 0.15) is 38.2 Å². The topological polar surface area (TPSA) is 0 Å². The molecule has 0 aromatic heterocycles. The van der Waals surface area contributed by atoms with Crippen LogP contribution in [0.2, 0.25) is 0 Å². The maximum absolute atomic E-state index is 13.7. The number of rotatable bonds is 4. The Bertz CT molecular complexity index is 499. The zero-order valence-electron chi connectivity index (χ0n) is 11.0. The molecule has 18 heavy (non-hydrogen) atoms. The summed E-state index contributed by atoms with van der Waals surface area (Å²) in [6, 6.07) is 15.2. The van der Waals surface area contributed by atoms with Crippen LogP contribution in [0, 0.1) is 5.82 Å². The van der Waals surface area contributed by atoms with Crippen LogP contribution in [-0.2, 0) is 0 Å². The molecule has 1 unspecified atom stereocenters.